The number of amides is 1. The third kappa shape index (κ3) is 3.70. The van der Waals surface area contributed by atoms with Gasteiger partial charge in [0.1, 0.15) is 5.60 Å². The van der Waals surface area contributed by atoms with Crippen LogP contribution in [-0.2, 0) is 15.1 Å². The van der Waals surface area contributed by atoms with Gasteiger partial charge in [-0.1, -0.05) is 12.1 Å². The molecule has 1 aromatic carbocycles. The van der Waals surface area contributed by atoms with Crippen molar-refractivity contribution in [2.24, 2.45) is 4.99 Å². The Hall–Kier alpha value is -2.13. The number of aliphatic imine (C=N–C) groups is 1. The normalized spacial score (nSPS) is 16.3. The molecule has 1 saturated carbocycles. The van der Waals surface area contributed by atoms with E-state index in [0.717, 1.165) is 24.8 Å². The number of rotatable bonds is 3. The molecule has 1 aliphatic rings. The number of carbonyl (C=O) groups is 1. The van der Waals surface area contributed by atoms with Crippen molar-refractivity contribution < 1.29 is 14.3 Å². The molecule has 0 saturated heterocycles. The zero-order valence-electron chi connectivity index (χ0n) is 12.6. The van der Waals surface area contributed by atoms with Gasteiger partial charge in [-0.3, -0.25) is 5.32 Å². The van der Waals surface area contributed by atoms with Crippen LogP contribution in [0.5, 0.6) is 0 Å². The lowest BCUT2D eigenvalue weighted by Gasteiger charge is -2.37. The van der Waals surface area contributed by atoms with Crippen LogP contribution in [0.3, 0.4) is 0 Å². The van der Waals surface area contributed by atoms with Crippen LogP contribution >= 0.6 is 0 Å². The van der Waals surface area contributed by atoms with Crippen LogP contribution in [0.2, 0.25) is 0 Å². The molecule has 0 radical (unpaired) electrons. The van der Waals surface area contributed by atoms with E-state index in [1.807, 2.05) is 39.0 Å². The molecule has 0 heterocycles. The largest absolute Gasteiger partial charge is 0.444 e. The average molecular weight is 288 g/mol. The van der Waals surface area contributed by atoms with E-state index in [2.05, 4.69) is 10.3 Å². The summed E-state index contributed by atoms with van der Waals surface area (Å²) in [4.78, 5) is 26.4. The monoisotopic (exact) mass is 288 g/mol. The Labute approximate surface area is 124 Å². The molecule has 0 aromatic heterocycles. The van der Waals surface area contributed by atoms with Crippen LogP contribution < -0.4 is 5.32 Å². The summed E-state index contributed by atoms with van der Waals surface area (Å²) in [7, 11) is 0. The lowest BCUT2D eigenvalue weighted by atomic mass is 9.72. The molecule has 5 nitrogen and oxygen atoms in total. The first-order valence-corrected chi connectivity index (χ1v) is 7.04. The van der Waals surface area contributed by atoms with E-state index in [0.29, 0.717) is 5.69 Å². The molecule has 0 atom stereocenters. The highest BCUT2D eigenvalue weighted by Gasteiger charge is 2.38. The highest BCUT2D eigenvalue weighted by atomic mass is 16.6. The van der Waals surface area contributed by atoms with Crippen molar-refractivity contribution in [2.45, 2.75) is 51.2 Å². The molecule has 5 heteroatoms. The predicted molar refractivity (Wildman–Crippen MR) is 79.9 cm³/mol. The van der Waals surface area contributed by atoms with Crippen molar-refractivity contribution in [3.63, 3.8) is 0 Å². The second-order valence-electron chi connectivity index (χ2n) is 6.30. The van der Waals surface area contributed by atoms with Gasteiger partial charge in [-0.2, -0.15) is 4.99 Å². The van der Waals surface area contributed by atoms with Crippen molar-refractivity contribution in [2.75, 3.05) is 5.32 Å². The van der Waals surface area contributed by atoms with Gasteiger partial charge >= 0.3 is 6.09 Å². The summed E-state index contributed by atoms with van der Waals surface area (Å²) in [5.41, 5.74) is 0.547. The molecule has 2 rings (SSSR count). The number of hydrogen-bond donors (Lipinski definition) is 1. The number of ether oxygens (including phenoxy) is 1. The van der Waals surface area contributed by atoms with Gasteiger partial charge in [-0.25, -0.2) is 9.59 Å². The Morgan fingerprint density at radius 1 is 1.38 bits per heavy atom. The number of nitrogens with one attached hydrogen (secondary N) is 1. The van der Waals surface area contributed by atoms with E-state index >= 15 is 0 Å². The summed E-state index contributed by atoms with van der Waals surface area (Å²) in [6.45, 7) is 5.43. The minimum absolute atomic E-state index is 0.465. The van der Waals surface area contributed by atoms with Gasteiger partial charge in [-0.15, -0.1) is 0 Å². The highest BCUT2D eigenvalue weighted by Crippen LogP contribution is 2.45. The lowest BCUT2D eigenvalue weighted by molar-refractivity contribution is 0.0636. The third-order valence-electron chi connectivity index (χ3n) is 3.49. The summed E-state index contributed by atoms with van der Waals surface area (Å²) in [5.74, 6) is 0. The Balaban J connectivity index is 2.15. The molecule has 1 aliphatic carbocycles. The topological polar surface area (TPSA) is 67.8 Å². The van der Waals surface area contributed by atoms with Crippen LogP contribution in [0.4, 0.5) is 10.5 Å². The number of carbonyl (C=O) groups excluding carboxylic acids is 2. The molecule has 0 bridgehead atoms. The summed E-state index contributed by atoms with van der Waals surface area (Å²) in [6.07, 6.45) is 3.86. The second kappa shape index (κ2) is 5.70. The predicted octanol–water partition coefficient (Wildman–Crippen LogP) is 3.75. The fraction of sp³-hybridized carbons (Fsp3) is 0.500. The number of anilines is 1. The third-order valence-corrected chi connectivity index (χ3v) is 3.49. The molecule has 21 heavy (non-hydrogen) atoms. The van der Waals surface area contributed by atoms with E-state index in [1.165, 1.54) is 0 Å². The van der Waals surface area contributed by atoms with E-state index in [-0.39, 0.29) is 0 Å². The maximum Gasteiger partial charge on any atom is 0.412 e. The molecule has 0 aliphatic heterocycles. The minimum Gasteiger partial charge on any atom is -0.444 e. The standard InChI is InChI=1S/C16H20N2O3/c1-15(2,3)21-14(20)18-13-7-4-6-12(10-13)16(17-11-19)8-5-9-16/h4,6-7,10H,5,8-9H2,1-3H3,(H,18,20). The first kappa shape index (κ1) is 15.3. The van der Waals surface area contributed by atoms with Crippen LogP contribution in [0.15, 0.2) is 29.3 Å². The number of nitrogens with zero attached hydrogens (tertiary/aromatic N) is 1. The van der Waals surface area contributed by atoms with Gasteiger partial charge in [0, 0.05) is 5.69 Å². The second-order valence-corrected chi connectivity index (χ2v) is 6.30. The molecular weight excluding hydrogens is 268 g/mol. The number of isocyanates is 1. The average Bonchev–Trinajstić information content (AvgIpc) is 2.31. The Morgan fingerprint density at radius 2 is 2.10 bits per heavy atom. The minimum atomic E-state index is -0.543. The van der Waals surface area contributed by atoms with E-state index in [4.69, 9.17) is 4.74 Å². The number of benzene rings is 1. The molecular formula is C16H20N2O3. The maximum absolute atomic E-state index is 11.8. The number of hydrogen-bond acceptors (Lipinski definition) is 4. The summed E-state index contributed by atoms with van der Waals surface area (Å²) >= 11 is 0. The first-order chi connectivity index (χ1) is 9.85. The smallest absolute Gasteiger partial charge is 0.412 e. The fourth-order valence-corrected chi connectivity index (χ4v) is 2.37. The molecule has 1 amide bonds. The SMILES string of the molecule is CC(C)(C)OC(=O)Nc1cccc(C2(N=C=O)CCC2)c1. The molecule has 1 N–H and O–H groups in total. The Bertz CT molecular complexity index is 579. The molecule has 0 spiro atoms. The van der Waals surface area contributed by atoms with Crippen LogP contribution in [-0.4, -0.2) is 17.8 Å². The van der Waals surface area contributed by atoms with Crippen molar-refractivity contribution in [3.8, 4) is 0 Å². The van der Waals surface area contributed by atoms with Crippen molar-refractivity contribution in [1.82, 2.24) is 0 Å². The van der Waals surface area contributed by atoms with Crippen LogP contribution in [0, 0.1) is 0 Å². The van der Waals surface area contributed by atoms with Gasteiger partial charge < -0.3 is 4.74 Å². The molecule has 1 fully saturated rings. The van der Waals surface area contributed by atoms with Gasteiger partial charge in [0.15, 0.2) is 0 Å². The molecule has 0 unspecified atom stereocenters. The van der Waals surface area contributed by atoms with Crippen molar-refractivity contribution >= 4 is 17.9 Å². The van der Waals surface area contributed by atoms with Crippen LogP contribution in [0.1, 0.15) is 45.6 Å². The molecule has 112 valence electrons. The Kier molecular flexibility index (Phi) is 4.14. The van der Waals surface area contributed by atoms with E-state index in [1.54, 1.807) is 12.1 Å². The zero-order valence-corrected chi connectivity index (χ0v) is 12.6. The fourth-order valence-electron chi connectivity index (χ4n) is 2.37. The van der Waals surface area contributed by atoms with Gasteiger partial charge in [0.05, 0.1) is 5.54 Å². The maximum atomic E-state index is 11.8. The zero-order chi connectivity index (χ0) is 15.5. The quantitative estimate of drug-likeness (QED) is 0.680. The summed E-state index contributed by atoms with van der Waals surface area (Å²) in [6, 6.07) is 7.37. The van der Waals surface area contributed by atoms with Crippen LogP contribution in [0.25, 0.3) is 0 Å². The summed E-state index contributed by atoms with van der Waals surface area (Å²) in [5, 5.41) is 2.70. The Morgan fingerprint density at radius 3 is 2.62 bits per heavy atom. The van der Waals surface area contributed by atoms with Crippen molar-refractivity contribution in [3.05, 3.63) is 29.8 Å². The van der Waals surface area contributed by atoms with Gasteiger partial charge in [0.25, 0.3) is 0 Å². The highest BCUT2D eigenvalue weighted by molar-refractivity contribution is 5.85. The summed E-state index contributed by atoms with van der Waals surface area (Å²) < 4.78 is 5.22. The first-order valence-electron chi connectivity index (χ1n) is 7.04. The van der Waals surface area contributed by atoms with Gasteiger partial charge in [0.2, 0.25) is 6.08 Å². The van der Waals surface area contributed by atoms with Gasteiger partial charge in [-0.05, 0) is 57.7 Å². The molecule has 1 aromatic rings. The lowest BCUT2D eigenvalue weighted by Crippen LogP contribution is -2.32. The van der Waals surface area contributed by atoms with E-state index in [9.17, 15) is 9.59 Å². The van der Waals surface area contributed by atoms with Crippen molar-refractivity contribution in [1.29, 1.82) is 0 Å². The van der Waals surface area contributed by atoms with E-state index < -0.39 is 17.2 Å².